The molecule has 1 aromatic heterocycles. The Kier molecular flexibility index (Phi) is 4.51. The molecule has 1 heterocycles. The van der Waals surface area contributed by atoms with E-state index in [4.69, 9.17) is 16.7 Å². The SMILES string of the molecule is O=C(O)c1cc(CCl)c(OC(F)(F)F)nc1C(F)F. The van der Waals surface area contributed by atoms with Gasteiger partial charge in [-0.05, 0) is 6.07 Å². The Bertz CT molecular complexity index is 491. The molecule has 1 aromatic rings. The second kappa shape index (κ2) is 5.55. The highest BCUT2D eigenvalue weighted by molar-refractivity contribution is 6.17. The molecule has 0 radical (unpaired) electrons. The lowest BCUT2D eigenvalue weighted by Gasteiger charge is -2.13. The first-order chi connectivity index (χ1) is 8.65. The lowest BCUT2D eigenvalue weighted by atomic mass is 10.1. The van der Waals surface area contributed by atoms with Gasteiger partial charge in [-0.3, -0.25) is 0 Å². The van der Waals surface area contributed by atoms with Gasteiger partial charge in [0, 0.05) is 5.56 Å². The first-order valence-corrected chi connectivity index (χ1v) is 5.06. The van der Waals surface area contributed by atoms with Crippen molar-refractivity contribution in [3.63, 3.8) is 0 Å². The minimum Gasteiger partial charge on any atom is -0.478 e. The largest absolute Gasteiger partial charge is 0.574 e. The van der Waals surface area contributed by atoms with Crippen molar-refractivity contribution in [2.45, 2.75) is 18.7 Å². The first kappa shape index (κ1) is 15.4. The van der Waals surface area contributed by atoms with Crippen LogP contribution in [0.3, 0.4) is 0 Å². The number of nitrogens with zero attached hydrogens (tertiary/aromatic N) is 1. The normalized spacial score (nSPS) is 11.7. The monoisotopic (exact) mass is 305 g/mol. The lowest BCUT2D eigenvalue weighted by molar-refractivity contribution is -0.276. The maximum atomic E-state index is 12.5. The molecule has 10 heteroatoms. The van der Waals surface area contributed by atoms with E-state index in [-0.39, 0.29) is 0 Å². The van der Waals surface area contributed by atoms with E-state index in [1.165, 1.54) is 0 Å². The number of aromatic nitrogens is 1. The van der Waals surface area contributed by atoms with Crippen LogP contribution in [0.15, 0.2) is 6.07 Å². The van der Waals surface area contributed by atoms with E-state index in [0.29, 0.717) is 6.07 Å². The number of alkyl halides is 6. The van der Waals surface area contributed by atoms with Gasteiger partial charge < -0.3 is 9.84 Å². The summed E-state index contributed by atoms with van der Waals surface area (Å²) in [6, 6.07) is 0.574. The Morgan fingerprint density at radius 3 is 2.42 bits per heavy atom. The van der Waals surface area contributed by atoms with E-state index in [1.807, 2.05) is 0 Å². The molecule has 0 saturated carbocycles. The number of hydrogen-bond acceptors (Lipinski definition) is 3. The molecule has 0 saturated heterocycles. The zero-order valence-electron chi connectivity index (χ0n) is 8.84. The summed E-state index contributed by atoms with van der Waals surface area (Å²) in [6.07, 6.45) is -8.52. The summed E-state index contributed by atoms with van der Waals surface area (Å²) in [5.74, 6) is -3.53. The molecule has 1 rings (SSSR count). The second-order valence-electron chi connectivity index (χ2n) is 3.17. The van der Waals surface area contributed by atoms with Gasteiger partial charge in [0.2, 0.25) is 5.88 Å². The van der Waals surface area contributed by atoms with Gasteiger partial charge in [-0.15, -0.1) is 24.8 Å². The molecule has 0 aliphatic rings. The molecule has 1 N–H and O–H groups in total. The van der Waals surface area contributed by atoms with Crippen molar-refractivity contribution in [3.05, 3.63) is 22.9 Å². The van der Waals surface area contributed by atoms with Gasteiger partial charge in [-0.25, -0.2) is 18.6 Å². The van der Waals surface area contributed by atoms with Gasteiger partial charge in [0.1, 0.15) is 5.69 Å². The average Bonchev–Trinajstić information content (AvgIpc) is 2.25. The quantitative estimate of drug-likeness (QED) is 0.684. The number of rotatable bonds is 4. The van der Waals surface area contributed by atoms with Gasteiger partial charge in [0.15, 0.2) is 0 Å². The van der Waals surface area contributed by atoms with E-state index < -0.39 is 47.3 Å². The summed E-state index contributed by atoms with van der Waals surface area (Å²) >= 11 is 5.30. The number of carboxylic acid groups (broad SMARTS) is 1. The lowest BCUT2D eigenvalue weighted by Crippen LogP contribution is -2.20. The van der Waals surface area contributed by atoms with Crippen molar-refractivity contribution in [1.82, 2.24) is 4.98 Å². The first-order valence-electron chi connectivity index (χ1n) is 4.52. The number of halogens is 6. The molecule has 106 valence electrons. The Balaban J connectivity index is 3.39. The van der Waals surface area contributed by atoms with Crippen LogP contribution < -0.4 is 4.74 Å². The highest BCUT2D eigenvalue weighted by atomic mass is 35.5. The van der Waals surface area contributed by atoms with Gasteiger partial charge in [-0.2, -0.15) is 0 Å². The van der Waals surface area contributed by atoms with Crippen LogP contribution in [0.1, 0.15) is 28.0 Å². The Morgan fingerprint density at radius 1 is 1.47 bits per heavy atom. The van der Waals surface area contributed by atoms with E-state index >= 15 is 0 Å². The summed E-state index contributed by atoms with van der Waals surface area (Å²) in [4.78, 5) is 13.6. The minimum absolute atomic E-state index is 0.458. The van der Waals surface area contributed by atoms with Crippen molar-refractivity contribution >= 4 is 17.6 Å². The maximum absolute atomic E-state index is 12.5. The number of carbonyl (C=O) groups is 1. The molecule has 0 unspecified atom stereocenters. The van der Waals surface area contributed by atoms with Gasteiger partial charge in [0.05, 0.1) is 11.4 Å². The Labute approximate surface area is 107 Å². The van der Waals surface area contributed by atoms with Crippen molar-refractivity contribution in [1.29, 1.82) is 0 Å². The standard InChI is InChI=1S/C9H5ClF5NO3/c10-2-3-1-4(8(17)18)5(6(11)12)16-7(3)19-9(13,14)15/h1,6H,2H2,(H,17,18). The van der Waals surface area contributed by atoms with Crippen molar-refractivity contribution in [2.24, 2.45) is 0 Å². The molecular formula is C9H5ClF5NO3. The molecule has 0 amide bonds. The number of hydrogen-bond donors (Lipinski definition) is 1. The fourth-order valence-electron chi connectivity index (χ4n) is 1.18. The van der Waals surface area contributed by atoms with E-state index in [2.05, 4.69) is 9.72 Å². The predicted octanol–water partition coefficient (Wildman–Crippen LogP) is 3.35. The highest BCUT2D eigenvalue weighted by Crippen LogP contribution is 2.31. The van der Waals surface area contributed by atoms with Gasteiger partial charge >= 0.3 is 12.3 Å². The van der Waals surface area contributed by atoms with Crippen molar-refractivity contribution in [3.8, 4) is 5.88 Å². The third-order valence-electron chi connectivity index (χ3n) is 1.88. The predicted molar refractivity (Wildman–Crippen MR) is 52.4 cm³/mol. The van der Waals surface area contributed by atoms with Crippen molar-refractivity contribution in [2.75, 3.05) is 0 Å². The highest BCUT2D eigenvalue weighted by Gasteiger charge is 2.34. The van der Waals surface area contributed by atoms with Crippen LogP contribution in [0.5, 0.6) is 5.88 Å². The molecule has 4 nitrogen and oxygen atoms in total. The third-order valence-corrected chi connectivity index (χ3v) is 2.17. The van der Waals surface area contributed by atoms with E-state index in [1.54, 1.807) is 0 Å². The zero-order chi connectivity index (χ0) is 14.8. The number of pyridine rings is 1. The Hall–Kier alpha value is -1.64. The van der Waals surface area contributed by atoms with Crippen LogP contribution >= 0.6 is 11.6 Å². The topological polar surface area (TPSA) is 59.4 Å². The second-order valence-corrected chi connectivity index (χ2v) is 3.44. The van der Waals surface area contributed by atoms with Crippen LogP contribution in [0.4, 0.5) is 22.0 Å². The van der Waals surface area contributed by atoms with Crippen LogP contribution in [-0.2, 0) is 5.88 Å². The maximum Gasteiger partial charge on any atom is 0.574 e. The molecule has 0 atom stereocenters. The molecular weight excluding hydrogens is 301 g/mol. The molecule has 0 aliphatic carbocycles. The van der Waals surface area contributed by atoms with E-state index in [9.17, 15) is 26.7 Å². The number of aromatic carboxylic acids is 1. The fraction of sp³-hybridized carbons (Fsp3) is 0.333. The van der Waals surface area contributed by atoms with Crippen LogP contribution in [0.2, 0.25) is 0 Å². The smallest absolute Gasteiger partial charge is 0.478 e. The van der Waals surface area contributed by atoms with Crippen LogP contribution in [0.25, 0.3) is 0 Å². The summed E-state index contributed by atoms with van der Waals surface area (Å²) in [5.41, 5.74) is -2.71. The molecule has 0 fully saturated rings. The molecule has 0 aromatic carbocycles. The summed E-state index contributed by atoms with van der Waals surface area (Å²) in [6.45, 7) is 0. The summed E-state index contributed by atoms with van der Waals surface area (Å²) in [7, 11) is 0. The minimum atomic E-state index is -5.15. The number of carboxylic acids is 1. The van der Waals surface area contributed by atoms with Gasteiger partial charge in [0.25, 0.3) is 6.43 Å². The summed E-state index contributed by atoms with van der Waals surface area (Å²) < 4.78 is 64.6. The van der Waals surface area contributed by atoms with Crippen LogP contribution in [-0.4, -0.2) is 22.4 Å². The number of ether oxygens (including phenoxy) is 1. The fourth-order valence-corrected chi connectivity index (χ4v) is 1.37. The average molecular weight is 306 g/mol. The molecule has 19 heavy (non-hydrogen) atoms. The molecule has 0 spiro atoms. The van der Waals surface area contributed by atoms with Gasteiger partial charge in [-0.1, -0.05) is 0 Å². The third kappa shape index (κ3) is 3.91. The van der Waals surface area contributed by atoms with Crippen molar-refractivity contribution < 1.29 is 36.6 Å². The zero-order valence-corrected chi connectivity index (χ0v) is 9.60. The van der Waals surface area contributed by atoms with Crippen LogP contribution in [0, 0.1) is 0 Å². The Morgan fingerprint density at radius 2 is 2.05 bits per heavy atom. The molecule has 0 bridgehead atoms. The summed E-state index contributed by atoms with van der Waals surface area (Å²) in [5, 5.41) is 8.68. The molecule has 0 aliphatic heterocycles. The van der Waals surface area contributed by atoms with E-state index in [0.717, 1.165) is 0 Å².